The summed E-state index contributed by atoms with van der Waals surface area (Å²) >= 11 is 4.43. The van der Waals surface area contributed by atoms with Crippen molar-refractivity contribution >= 4 is 63.1 Å². The van der Waals surface area contributed by atoms with Crippen LogP contribution in [-0.2, 0) is 16.1 Å². The summed E-state index contributed by atoms with van der Waals surface area (Å²) in [5, 5.41) is 0. The number of carbonyl (C=O) groups is 1. The Bertz CT molecular complexity index is 1220. The van der Waals surface area contributed by atoms with Gasteiger partial charge in [0.15, 0.2) is 17.2 Å². The number of benzene rings is 3. The maximum atomic E-state index is 12.4. The van der Waals surface area contributed by atoms with E-state index in [-0.39, 0.29) is 5.70 Å². The van der Waals surface area contributed by atoms with E-state index >= 15 is 0 Å². The summed E-state index contributed by atoms with van der Waals surface area (Å²) in [6.45, 7) is 2.49. The number of hydrogen-bond donors (Lipinski definition) is 0. The first-order valence-electron chi connectivity index (χ1n) is 9.77. The number of esters is 1. The average molecular weight is 651 g/mol. The fourth-order valence-corrected chi connectivity index (χ4v) is 4.23. The van der Waals surface area contributed by atoms with Crippen molar-refractivity contribution in [1.29, 1.82) is 0 Å². The van der Waals surface area contributed by atoms with Crippen molar-refractivity contribution in [3.8, 4) is 11.5 Å². The Kier molecular flexibility index (Phi) is 7.14. The van der Waals surface area contributed by atoms with Gasteiger partial charge in [0.05, 0.1) is 10.7 Å². The van der Waals surface area contributed by atoms with Crippen LogP contribution in [-0.4, -0.2) is 19.0 Å². The summed E-state index contributed by atoms with van der Waals surface area (Å²) in [5.41, 5.74) is 4.05. The summed E-state index contributed by atoms with van der Waals surface area (Å²) in [5.74, 6) is 1.07. The lowest BCUT2D eigenvalue weighted by Crippen LogP contribution is -2.05. The molecule has 0 N–H and O–H groups in total. The molecule has 0 aliphatic carbocycles. The predicted molar refractivity (Wildman–Crippen MR) is 141 cm³/mol. The number of ether oxygens (including phenoxy) is 3. The van der Waals surface area contributed by atoms with E-state index in [0.29, 0.717) is 24.0 Å². The number of halogens is 2. The van der Waals surface area contributed by atoms with E-state index in [1.807, 2.05) is 48.5 Å². The van der Waals surface area contributed by atoms with Crippen LogP contribution in [0.25, 0.3) is 6.08 Å². The molecule has 162 valence electrons. The van der Waals surface area contributed by atoms with Gasteiger partial charge in [-0.2, -0.15) is 0 Å². The smallest absolute Gasteiger partial charge is 0.363 e. The second-order valence-electron chi connectivity index (χ2n) is 7.15. The molecule has 4 rings (SSSR count). The molecular weight excluding hydrogens is 632 g/mol. The molecule has 0 aromatic heterocycles. The first-order chi connectivity index (χ1) is 15.4. The molecule has 0 spiro atoms. The molecule has 0 saturated heterocycles. The van der Waals surface area contributed by atoms with Gasteiger partial charge in [-0.3, -0.25) is 0 Å². The van der Waals surface area contributed by atoms with E-state index in [2.05, 4.69) is 69.2 Å². The lowest BCUT2D eigenvalue weighted by atomic mass is 10.1. The van der Waals surface area contributed by atoms with Gasteiger partial charge >= 0.3 is 5.97 Å². The first-order valence-corrected chi connectivity index (χ1v) is 11.9. The van der Waals surface area contributed by atoms with E-state index in [1.54, 1.807) is 13.2 Å². The van der Waals surface area contributed by atoms with E-state index in [4.69, 9.17) is 14.2 Å². The molecule has 3 aromatic rings. The van der Waals surface area contributed by atoms with E-state index in [9.17, 15) is 4.79 Å². The highest BCUT2D eigenvalue weighted by Gasteiger charge is 2.24. The monoisotopic (exact) mass is 651 g/mol. The summed E-state index contributed by atoms with van der Waals surface area (Å²) in [6.07, 6.45) is 1.69. The second kappa shape index (κ2) is 10.0. The predicted octanol–water partition coefficient (Wildman–Crippen LogP) is 6.14. The number of nitrogens with zero attached hydrogens (tertiary/aromatic N) is 1. The van der Waals surface area contributed by atoms with Crippen LogP contribution in [0.2, 0.25) is 0 Å². The van der Waals surface area contributed by atoms with Crippen LogP contribution in [0.1, 0.15) is 22.3 Å². The Balaban J connectivity index is 1.58. The van der Waals surface area contributed by atoms with Gasteiger partial charge < -0.3 is 14.2 Å². The normalized spacial score (nSPS) is 14.3. The molecule has 1 aliphatic heterocycles. The number of carbonyl (C=O) groups excluding carboxylic acids is 1. The molecule has 7 heteroatoms. The van der Waals surface area contributed by atoms with Crippen molar-refractivity contribution in [2.45, 2.75) is 13.5 Å². The van der Waals surface area contributed by atoms with Crippen molar-refractivity contribution < 1.29 is 19.0 Å². The molecule has 0 fully saturated rings. The Morgan fingerprint density at radius 2 is 1.75 bits per heavy atom. The molecule has 0 bridgehead atoms. The van der Waals surface area contributed by atoms with Gasteiger partial charge in [0, 0.05) is 9.13 Å². The van der Waals surface area contributed by atoms with Gasteiger partial charge in [-0.05, 0) is 106 Å². The summed E-state index contributed by atoms with van der Waals surface area (Å²) < 4.78 is 18.9. The molecule has 1 aliphatic rings. The Hall–Kier alpha value is -2.40. The van der Waals surface area contributed by atoms with Gasteiger partial charge in [-0.25, -0.2) is 9.79 Å². The molecule has 3 aromatic carbocycles. The molecule has 32 heavy (non-hydrogen) atoms. The van der Waals surface area contributed by atoms with Crippen molar-refractivity contribution in [2.24, 2.45) is 4.99 Å². The number of cyclic esters (lactones) is 1. The topological polar surface area (TPSA) is 57.1 Å². The Labute approximate surface area is 213 Å². The number of methoxy groups -OCH3 is 1. The quantitative estimate of drug-likeness (QED) is 0.183. The number of rotatable bonds is 6. The molecule has 0 unspecified atom stereocenters. The first kappa shape index (κ1) is 22.8. The maximum Gasteiger partial charge on any atom is 0.363 e. The molecule has 1 heterocycles. The van der Waals surface area contributed by atoms with Crippen molar-refractivity contribution in [2.75, 3.05) is 7.11 Å². The van der Waals surface area contributed by atoms with E-state index < -0.39 is 5.97 Å². The van der Waals surface area contributed by atoms with Crippen molar-refractivity contribution in [3.63, 3.8) is 0 Å². The maximum absolute atomic E-state index is 12.4. The van der Waals surface area contributed by atoms with Crippen LogP contribution in [0, 0.1) is 14.1 Å². The van der Waals surface area contributed by atoms with Gasteiger partial charge in [0.2, 0.25) is 5.90 Å². The largest absolute Gasteiger partial charge is 0.493 e. The second-order valence-corrected chi connectivity index (χ2v) is 9.56. The number of aliphatic imine (C=N–C) groups is 1. The van der Waals surface area contributed by atoms with Crippen LogP contribution in [0.3, 0.4) is 0 Å². The molecule has 0 atom stereocenters. The van der Waals surface area contributed by atoms with Crippen molar-refractivity contribution in [1.82, 2.24) is 0 Å². The summed E-state index contributed by atoms with van der Waals surface area (Å²) in [7, 11) is 1.60. The van der Waals surface area contributed by atoms with Gasteiger partial charge in [0.25, 0.3) is 0 Å². The average Bonchev–Trinajstić information content (AvgIpc) is 3.14. The van der Waals surface area contributed by atoms with Gasteiger partial charge in [0.1, 0.15) is 6.61 Å². The third-order valence-corrected chi connectivity index (χ3v) is 6.29. The molecule has 0 saturated carbocycles. The van der Waals surface area contributed by atoms with Crippen LogP contribution in [0.15, 0.2) is 71.4 Å². The Morgan fingerprint density at radius 1 is 1.03 bits per heavy atom. The molecule has 0 radical (unpaired) electrons. The minimum Gasteiger partial charge on any atom is -0.493 e. The van der Waals surface area contributed by atoms with Gasteiger partial charge in [-0.15, -0.1) is 0 Å². The zero-order chi connectivity index (χ0) is 22.7. The van der Waals surface area contributed by atoms with Crippen LogP contribution in [0.5, 0.6) is 11.5 Å². The molecule has 0 amide bonds. The standard InChI is InChI=1S/C25H19I2NO4/c1-15-3-5-16(6-4-15)14-31-23-20(27)11-17(13-22(23)30-2)12-21-25(29)32-24(28-21)18-7-9-19(26)10-8-18/h3-13H,14H2,1-2H3/b21-12-. The van der Waals surface area contributed by atoms with Gasteiger partial charge in [-0.1, -0.05) is 29.8 Å². The summed E-state index contributed by atoms with van der Waals surface area (Å²) in [6, 6.07) is 19.6. The molecular formula is C25H19I2NO4. The highest BCUT2D eigenvalue weighted by atomic mass is 127. The van der Waals surface area contributed by atoms with E-state index in [1.165, 1.54) is 5.56 Å². The SMILES string of the molecule is COc1cc(/C=C2\N=C(c3ccc(I)cc3)OC2=O)cc(I)c1OCc1ccc(C)cc1. The minimum atomic E-state index is -0.479. The van der Waals surface area contributed by atoms with Crippen LogP contribution < -0.4 is 9.47 Å². The highest BCUT2D eigenvalue weighted by molar-refractivity contribution is 14.1. The van der Waals surface area contributed by atoms with Crippen molar-refractivity contribution in [3.05, 3.63) is 95.8 Å². The Morgan fingerprint density at radius 3 is 2.44 bits per heavy atom. The highest BCUT2D eigenvalue weighted by Crippen LogP contribution is 2.35. The fraction of sp³-hybridized carbons (Fsp3) is 0.120. The lowest BCUT2D eigenvalue weighted by molar-refractivity contribution is -0.129. The lowest BCUT2D eigenvalue weighted by Gasteiger charge is -2.14. The zero-order valence-electron chi connectivity index (χ0n) is 17.4. The van der Waals surface area contributed by atoms with Crippen LogP contribution in [0.4, 0.5) is 0 Å². The number of aryl methyl sites for hydroxylation is 1. The zero-order valence-corrected chi connectivity index (χ0v) is 21.7. The third-order valence-electron chi connectivity index (χ3n) is 4.77. The molecule has 5 nitrogen and oxygen atoms in total. The third kappa shape index (κ3) is 5.32. The fourth-order valence-electron chi connectivity index (χ4n) is 3.09. The minimum absolute atomic E-state index is 0.240. The summed E-state index contributed by atoms with van der Waals surface area (Å²) in [4.78, 5) is 16.7. The van der Waals surface area contributed by atoms with Crippen LogP contribution >= 0.6 is 45.2 Å². The number of hydrogen-bond acceptors (Lipinski definition) is 5. The van der Waals surface area contributed by atoms with E-state index in [0.717, 1.165) is 23.8 Å².